The van der Waals surface area contributed by atoms with Gasteiger partial charge < -0.3 is 25.5 Å². The Bertz CT molecular complexity index is 926. The van der Waals surface area contributed by atoms with Crippen molar-refractivity contribution in [2.45, 2.75) is 12.3 Å². The standard InChI is InChI=1S/C21H25N3O3.ClH/c1-26-19-9-5-7-15(21(19)27-2)17(13-24-20(25)10-11-22)16-12-23-18-8-4-3-6-14(16)18;/h3-9,12,17,23H,10-11,13,22H2,1-2H3,(H,24,25);1H. The van der Waals surface area contributed by atoms with Crippen molar-refractivity contribution in [1.29, 1.82) is 0 Å². The lowest BCUT2D eigenvalue weighted by molar-refractivity contribution is -0.120. The van der Waals surface area contributed by atoms with E-state index in [4.69, 9.17) is 15.2 Å². The molecule has 1 atom stereocenters. The van der Waals surface area contributed by atoms with Crippen LogP contribution in [0.4, 0.5) is 0 Å². The Kier molecular flexibility index (Phi) is 7.72. The summed E-state index contributed by atoms with van der Waals surface area (Å²) in [4.78, 5) is 15.3. The molecule has 1 amide bonds. The lowest BCUT2D eigenvalue weighted by Gasteiger charge is -2.22. The van der Waals surface area contributed by atoms with Crippen LogP contribution in [0.1, 0.15) is 23.5 Å². The molecule has 0 aliphatic carbocycles. The molecule has 1 unspecified atom stereocenters. The van der Waals surface area contributed by atoms with E-state index in [0.29, 0.717) is 31.0 Å². The Labute approximate surface area is 170 Å². The average Bonchev–Trinajstić information content (AvgIpc) is 3.12. The van der Waals surface area contributed by atoms with E-state index in [1.54, 1.807) is 14.2 Å². The molecule has 0 fully saturated rings. The largest absolute Gasteiger partial charge is 0.493 e. The van der Waals surface area contributed by atoms with Crippen LogP contribution in [0.5, 0.6) is 11.5 Å². The van der Waals surface area contributed by atoms with Crippen LogP contribution in [0.3, 0.4) is 0 Å². The quantitative estimate of drug-likeness (QED) is 0.538. The topological polar surface area (TPSA) is 89.4 Å². The number of methoxy groups -OCH3 is 2. The molecule has 6 nitrogen and oxygen atoms in total. The van der Waals surface area contributed by atoms with Crippen LogP contribution >= 0.6 is 12.4 Å². The Morgan fingerprint density at radius 3 is 2.61 bits per heavy atom. The van der Waals surface area contributed by atoms with Crippen molar-refractivity contribution in [1.82, 2.24) is 10.3 Å². The molecule has 0 radical (unpaired) electrons. The van der Waals surface area contributed by atoms with Crippen LogP contribution in [-0.2, 0) is 4.79 Å². The van der Waals surface area contributed by atoms with E-state index in [1.807, 2.05) is 42.6 Å². The van der Waals surface area contributed by atoms with Crippen molar-refractivity contribution in [3.63, 3.8) is 0 Å². The highest BCUT2D eigenvalue weighted by Gasteiger charge is 2.24. The number of aromatic amines is 1. The molecule has 4 N–H and O–H groups in total. The zero-order valence-electron chi connectivity index (χ0n) is 16.0. The molecule has 1 heterocycles. The predicted octanol–water partition coefficient (Wildman–Crippen LogP) is 3.20. The van der Waals surface area contributed by atoms with E-state index in [1.165, 1.54) is 0 Å². The molecule has 0 aliphatic heterocycles. The van der Waals surface area contributed by atoms with Gasteiger partial charge in [0.25, 0.3) is 0 Å². The maximum absolute atomic E-state index is 12.0. The minimum Gasteiger partial charge on any atom is -0.493 e. The van der Waals surface area contributed by atoms with Crippen molar-refractivity contribution in [2.75, 3.05) is 27.3 Å². The first-order valence-corrected chi connectivity index (χ1v) is 8.93. The van der Waals surface area contributed by atoms with Crippen LogP contribution in [0, 0.1) is 0 Å². The van der Waals surface area contributed by atoms with Gasteiger partial charge >= 0.3 is 0 Å². The van der Waals surface area contributed by atoms with Gasteiger partial charge in [-0.3, -0.25) is 4.79 Å². The molecule has 1 aromatic heterocycles. The molecule has 7 heteroatoms. The molecule has 2 aromatic carbocycles. The molecular formula is C21H26ClN3O3. The Balaban J connectivity index is 0.00000280. The Hall–Kier alpha value is -2.70. The highest BCUT2D eigenvalue weighted by molar-refractivity contribution is 5.85. The third kappa shape index (κ3) is 4.40. The predicted molar refractivity (Wildman–Crippen MR) is 114 cm³/mol. The Morgan fingerprint density at radius 2 is 1.89 bits per heavy atom. The van der Waals surface area contributed by atoms with Gasteiger partial charge in [-0.1, -0.05) is 30.3 Å². The minimum absolute atomic E-state index is 0. The summed E-state index contributed by atoms with van der Waals surface area (Å²) in [5.74, 6) is 1.16. The van der Waals surface area contributed by atoms with E-state index in [9.17, 15) is 4.79 Å². The van der Waals surface area contributed by atoms with Gasteiger partial charge in [0, 0.05) is 48.1 Å². The molecule has 0 spiro atoms. The molecule has 3 aromatic rings. The molecule has 0 aliphatic rings. The zero-order chi connectivity index (χ0) is 19.2. The second-order valence-corrected chi connectivity index (χ2v) is 6.27. The number of rotatable bonds is 8. The van der Waals surface area contributed by atoms with Gasteiger partial charge in [-0.25, -0.2) is 0 Å². The molecule has 150 valence electrons. The number of nitrogens with two attached hydrogens (primary N) is 1. The molecule has 0 bridgehead atoms. The third-order valence-electron chi connectivity index (χ3n) is 4.68. The van der Waals surface area contributed by atoms with Crippen LogP contribution < -0.4 is 20.5 Å². The molecule has 0 saturated heterocycles. The maximum Gasteiger partial charge on any atom is 0.221 e. The number of hydrogen-bond acceptors (Lipinski definition) is 4. The third-order valence-corrected chi connectivity index (χ3v) is 4.68. The van der Waals surface area contributed by atoms with Crippen molar-refractivity contribution in [3.05, 3.63) is 59.8 Å². The smallest absolute Gasteiger partial charge is 0.221 e. The number of ether oxygens (including phenoxy) is 2. The SMILES string of the molecule is COc1cccc(C(CNC(=O)CCN)c2c[nH]c3ccccc23)c1OC.Cl. The van der Waals surface area contributed by atoms with Crippen molar-refractivity contribution in [3.8, 4) is 11.5 Å². The van der Waals surface area contributed by atoms with Gasteiger partial charge in [-0.15, -0.1) is 12.4 Å². The average molecular weight is 404 g/mol. The first-order chi connectivity index (χ1) is 13.2. The molecule has 3 rings (SSSR count). The van der Waals surface area contributed by atoms with Crippen molar-refractivity contribution < 1.29 is 14.3 Å². The normalized spacial score (nSPS) is 11.5. The van der Waals surface area contributed by atoms with E-state index >= 15 is 0 Å². The summed E-state index contributed by atoms with van der Waals surface area (Å²) in [7, 11) is 3.24. The number of halogens is 1. The number of carbonyl (C=O) groups is 1. The first kappa shape index (κ1) is 21.6. The van der Waals surface area contributed by atoms with E-state index in [-0.39, 0.29) is 24.2 Å². The number of fused-ring (bicyclic) bond motifs is 1. The fraction of sp³-hybridized carbons (Fsp3) is 0.286. The van der Waals surface area contributed by atoms with Crippen molar-refractivity contribution in [2.24, 2.45) is 5.73 Å². The summed E-state index contributed by atoms with van der Waals surface area (Å²) in [5, 5.41) is 4.11. The lowest BCUT2D eigenvalue weighted by Crippen LogP contribution is -2.30. The van der Waals surface area contributed by atoms with Crippen LogP contribution in [-0.4, -0.2) is 38.2 Å². The molecule has 0 saturated carbocycles. The minimum atomic E-state index is -0.104. The monoisotopic (exact) mass is 403 g/mol. The summed E-state index contributed by atoms with van der Waals surface area (Å²) >= 11 is 0. The first-order valence-electron chi connectivity index (χ1n) is 8.93. The fourth-order valence-corrected chi connectivity index (χ4v) is 3.39. The molecular weight excluding hydrogens is 378 g/mol. The molecule has 28 heavy (non-hydrogen) atoms. The van der Waals surface area contributed by atoms with E-state index < -0.39 is 0 Å². The maximum atomic E-state index is 12.0. The second-order valence-electron chi connectivity index (χ2n) is 6.27. The van der Waals surface area contributed by atoms with E-state index in [2.05, 4.69) is 16.4 Å². The second kappa shape index (κ2) is 10.0. The van der Waals surface area contributed by atoms with Gasteiger partial charge in [0.2, 0.25) is 5.91 Å². The highest BCUT2D eigenvalue weighted by atomic mass is 35.5. The van der Waals surface area contributed by atoms with Gasteiger partial charge in [0.05, 0.1) is 14.2 Å². The number of carbonyl (C=O) groups excluding carboxylic acids is 1. The fourth-order valence-electron chi connectivity index (χ4n) is 3.39. The number of nitrogens with one attached hydrogen (secondary N) is 2. The number of H-pyrrole nitrogens is 1. The summed E-state index contributed by atoms with van der Waals surface area (Å²) in [6.45, 7) is 0.760. The number of para-hydroxylation sites is 2. The van der Waals surface area contributed by atoms with Crippen LogP contribution in [0.25, 0.3) is 10.9 Å². The summed E-state index contributed by atoms with van der Waals surface area (Å²) in [6.07, 6.45) is 2.29. The summed E-state index contributed by atoms with van der Waals surface area (Å²) < 4.78 is 11.1. The summed E-state index contributed by atoms with van der Waals surface area (Å²) in [6, 6.07) is 13.9. The van der Waals surface area contributed by atoms with Gasteiger partial charge in [0.1, 0.15) is 0 Å². The Morgan fingerprint density at radius 1 is 1.11 bits per heavy atom. The van der Waals surface area contributed by atoms with Gasteiger partial charge in [0.15, 0.2) is 11.5 Å². The summed E-state index contributed by atoms with van der Waals surface area (Å²) in [5.41, 5.74) is 8.59. The highest BCUT2D eigenvalue weighted by Crippen LogP contribution is 2.40. The number of benzene rings is 2. The van der Waals surface area contributed by atoms with Gasteiger partial charge in [-0.05, 0) is 17.7 Å². The number of aromatic nitrogens is 1. The lowest BCUT2D eigenvalue weighted by atomic mass is 9.89. The van der Waals surface area contributed by atoms with Crippen LogP contribution in [0.2, 0.25) is 0 Å². The number of hydrogen-bond donors (Lipinski definition) is 3. The van der Waals surface area contributed by atoms with Gasteiger partial charge in [-0.2, -0.15) is 0 Å². The number of amides is 1. The van der Waals surface area contributed by atoms with E-state index in [0.717, 1.165) is 22.0 Å². The zero-order valence-corrected chi connectivity index (χ0v) is 16.8. The van der Waals surface area contributed by atoms with Crippen LogP contribution in [0.15, 0.2) is 48.7 Å². The van der Waals surface area contributed by atoms with Crippen molar-refractivity contribution >= 4 is 29.2 Å².